The second kappa shape index (κ2) is 7.13. The first-order valence-corrected chi connectivity index (χ1v) is 6.39. The van der Waals surface area contributed by atoms with Gasteiger partial charge in [0.05, 0.1) is 18.6 Å². The molecule has 1 fully saturated rings. The van der Waals surface area contributed by atoms with Gasteiger partial charge < -0.3 is 10.1 Å². The van der Waals surface area contributed by atoms with Crippen molar-refractivity contribution in [2.24, 2.45) is 5.92 Å². The molecule has 118 valence electrons. The summed E-state index contributed by atoms with van der Waals surface area (Å²) in [6.07, 6.45) is -3.64. The van der Waals surface area contributed by atoms with E-state index in [0.717, 1.165) is 24.2 Å². The van der Waals surface area contributed by atoms with Crippen molar-refractivity contribution in [2.45, 2.75) is 18.5 Å². The van der Waals surface area contributed by atoms with Crippen LogP contribution in [0.5, 0.6) is 0 Å². The molecule has 0 saturated carbocycles. The first-order valence-electron chi connectivity index (χ1n) is 6.39. The summed E-state index contributed by atoms with van der Waals surface area (Å²) < 4.78 is 42.4. The normalized spacial score (nSPS) is 22.3. The third kappa shape index (κ3) is 4.11. The Hall–Kier alpha value is -1.27. The number of ether oxygens (including phenoxy) is 1. The van der Waals surface area contributed by atoms with Gasteiger partial charge in [0.25, 0.3) is 0 Å². The van der Waals surface area contributed by atoms with Gasteiger partial charge in [-0.1, -0.05) is 12.1 Å². The van der Waals surface area contributed by atoms with E-state index in [1.807, 2.05) is 0 Å². The van der Waals surface area contributed by atoms with Gasteiger partial charge in [0.15, 0.2) is 0 Å². The highest BCUT2D eigenvalue weighted by Crippen LogP contribution is 2.34. The zero-order valence-electron chi connectivity index (χ0n) is 11.4. The third-order valence-corrected chi connectivity index (χ3v) is 3.65. The second-order valence-corrected chi connectivity index (χ2v) is 4.85. The van der Waals surface area contributed by atoms with Gasteiger partial charge in [0, 0.05) is 6.54 Å². The number of carbonyl (C=O) groups excluding carboxylic acids is 1. The maximum Gasteiger partial charge on any atom is 0.416 e. The van der Waals surface area contributed by atoms with Crippen LogP contribution in [0.3, 0.4) is 0 Å². The van der Waals surface area contributed by atoms with Gasteiger partial charge in [-0.2, -0.15) is 13.2 Å². The number of benzene rings is 1. The van der Waals surface area contributed by atoms with Crippen molar-refractivity contribution in [3.8, 4) is 0 Å². The molecular formula is C14H17ClF3NO2. The Kier molecular flexibility index (Phi) is 6.04. The number of nitrogens with one attached hydrogen (secondary N) is 1. The monoisotopic (exact) mass is 323 g/mol. The average Bonchev–Trinajstić information content (AvgIpc) is 2.45. The lowest BCUT2D eigenvalue weighted by atomic mass is 9.81. The Balaban J connectivity index is 0.00000220. The highest BCUT2D eigenvalue weighted by molar-refractivity contribution is 5.85. The Morgan fingerprint density at radius 1 is 1.29 bits per heavy atom. The highest BCUT2D eigenvalue weighted by Gasteiger charge is 2.34. The standard InChI is InChI=1S/C14H16F3NO2.ClH/c1-20-13(19)12-8-18-7-6-11(12)9-2-4-10(5-3-9)14(15,16)17;/h2-5,11-12,18H,6-8H2,1H3;1H. The minimum Gasteiger partial charge on any atom is -0.469 e. The second-order valence-electron chi connectivity index (χ2n) is 4.85. The number of piperidine rings is 1. The fourth-order valence-electron chi connectivity index (χ4n) is 2.58. The largest absolute Gasteiger partial charge is 0.469 e. The van der Waals surface area contributed by atoms with Gasteiger partial charge in [0.1, 0.15) is 0 Å². The summed E-state index contributed by atoms with van der Waals surface area (Å²) in [6, 6.07) is 5.03. The topological polar surface area (TPSA) is 38.3 Å². The van der Waals surface area contributed by atoms with E-state index in [4.69, 9.17) is 4.74 Å². The number of methoxy groups -OCH3 is 1. The summed E-state index contributed by atoms with van der Waals surface area (Å²) >= 11 is 0. The van der Waals surface area contributed by atoms with E-state index in [0.29, 0.717) is 13.0 Å². The van der Waals surface area contributed by atoms with E-state index in [9.17, 15) is 18.0 Å². The van der Waals surface area contributed by atoms with Crippen molar-refractivity contribution < 1.29 is 22.7 Å². The number of alkyl halides is 3. The highest BCUT2D eigenvalue weighted by atomic mass is 35.5. The first-order chi connectivity index (χ1) is 9.43. The number of carbonyl (C=O) groups is 1. The minimum absolute atomic E-state index is 0. The smallest absolute Gasteiger partial charge is 0.416 e. The summed E-state index contributed by atoms with van der Waals surface area (Å²) in [7, 11) is 1.32. The maximum absolute atomic E-state index is 12.5. The number of hydrogen-bond donors (Lipinski definition) is 1. The predicted octanol–water partition coefficient (Wildman–Crippen LogP) is 2.99. The molecule has 21 heavy (non-hydrogen) atoms. The van der Waals surface area contributed by atoms with Crippen LogP contribution in [0.2, 0.25) is 0 Å². The van der Waals surface area contributed by atoms with Crippen LogP contribution >= 0.6 is 12.4 Å². The molecule has 1 saturated heterocycles. The molecule has 1 aliphatic rings. The molecular weight excluding hydrogens is 307 g/mol. The van der Waals surface area contributed by atoms with Gasteiger partial charge in [-0.3, -0.25) is 4.79 Å². The van der Waals surface area contributed by atoms with Crippen molar-refractivity contribution in [3.63, 3.8) is 0 Å². The van der Waals surface area contributed by atoms with E-state index in [-0.39, 0.29) is 30.2 Å². The zero-order valence-corrected chi connectivity index (χ0v) is 12.3. The maximum atomic E-state index is 12.5. The van der Waals surface area contributed by atoms with Crippen LogP contribution in [0.1, 0.15) is 23.5 Å². The van der Waals surface area contributed by atoms with Crippen LogP contribution in [-0.4, -0.2) is 26.2 Å². The molecule has 0 spiro atoms. The minimum atomic E-state index is -4.34. The Labute approximate surface area is 127 Å². The Bertz CT molecular complexity index is 476. The van der Waals surface area contributed by atoms with Crippen LogP contribution < -0.4 is 5.32 Å². The van der Waals surface area contributed by atoms with E-state index >= 15 is 0 Å². The quantitative estimate of drug-likeness (QED) is 0.850. The van der Waals surface area contributed by atoms with Gasteiger partial charge in [-0.25, -0.2) is 0 Å². The van der Waals surface area contributed by atoms with E-state index in [2.05, 4.69) is 5.32 Å². The van der Waals surface area contributed by atoms with Gasteiger partial charge >= 0.3 is 12.1 Å². The lowest BCUT2D eigenvalue weighted by Gasteiger charge is -2.30. The molecule has 2 unspecified atom stereocenters. The molecule has 0 radical (unpaired) electrons. The number of halogens is 4. The molecule has 1 aromatic rings. The molecule has 0 bridgehead atoms. The van der Waals surface area contributed by atoms with Crippen LogP contribution in [0.15, 0.2) is 24.3 Å². The molecule has 0 aromatic heterocycles. The number of hydrogen-bond acceptors (Lipinski definition) is 3. The third-order valence-electron chi connectivity index (χ3n) is 3.65. The SMILES string of the molecule is COC(=O)C1CNCCC1c1ccc(C(F)(F)F)cc1.Cl. The molecule has 1 aliphatic heterocycles. The zero-order chi connectivity index (χ0) is 14.8. The Morgan fingerprint density at radius 2 is 1.90 bits per heavy atom. The lowest BCUT2D eigenvalue weighted by molar-refractivity contribution is -0.146. The number of rotatable bonds is 2. The van der Waals surface area contributed by atoms with Crippen molar-refractivity contribution in [1.29, 1.82) is 0 Å². The molecule has 7 heteroatoms. The van der Waals surface area contributed by atoms with Gasteiger partial charge in [0.2, 0.25) is 0 Å². The summed E-state index contributed by atoms with van der Waals surface area (Å²) in [5.74, 6) is -0.793. The summed E-state index contributed by atoms with van der Waals surface area (Å²) in [6.45, 7) is 1.22. The molecule has 0 aliphatic carbocycles. The van der Waals surface area contributed by atoms with Crippen LogP contribution in [-0.2, 0) is 15.7 Å². The fraction of sp³-hybridized carbons (Fsp3) is 0.500. The fourth-order valence-corrected chi connectivity index (χ4v) is 2.58. The molecule has 0 amide bonds. The summed E-state index contributed by atoms with van der Waals surface area (Å²) in [5.41, 5.74) is 0.0692. The molecule has 2 atom stereocenters. The van der Waals surface area contributed by atoms with Gasteiger partial charge in [-0.05, 0) is 36.6 Å². The predicted molar refractivity (Wildman–Crippen MR) is 74.4 cm³/mol. The van der Waals surface area contributed by atoms with E-state index < -0.39 is 11.7 Å². The number of esters is 1. The molecule has 1 aromatic carbocycles. The molecule has 3 nitrogen and oxygen atoms in total. The van der Waals surface area contributed by atoms with E-state index in [1.54, 1.807) is 0 Å². The van der Waals surface area contributed by atoms with Crippen molar-refractivity contribution in [1.82, 2.24) is 5.32 Å². The molecule has 1 heterocycles. The van der Waals surface area contributed by atoms with Crippen molar-refractivity contribution in [2.75, 3.05) is 20.2 Å². The van der Waals surface area contributed by atoms with E-state index in [1.165, 1.54) is 19.2 Å². The Morgan fingerprint density at radius 3 is 2.43 bits per heavy atom. The molecule has 1 N–H and O–H groups in total. The lowest BCUT2D eigenvalue weighted by Crippen LogP contribution is -2.40. The first kappa shape index (κ1) is 17.8. The molecule has 2 rings (SSSR count). The van der Waals surface area contributed by atoms with Gasteiger partial charge in [-0.15, -0.1) is 12.4 Å². The van der Waals surface area contributed by atoms with Crippen LogP contribution in [0.4, 0.5) is 13.2 Å². The van der Waals surface area contributed by atoms with Crippen LogP contribution in [0.25, 0.3) is 0 Å². The van der Waals surface area contributed by atoms with Crippen LogP contribution in [0, 0.1) is 5.92 Å². The van der Waals surface area contributed by atoms with Crippen molar-refractivity contribution >= 4 is 18.4 Å². The average molecular weight is 324 g/mol. The summed E-state index contributed by atoms with van der Waals surface area (Å²) in [5, 5.41) is 3.10. The summed E-state index contributed by atoms with van der Waals surface area (Å²) in [4.78, 5) is 11.7. The van der Waals surface area contributed by atoms with Crippen molar-refractivity contribution in [3.05, 3.63) is 35.4 Å².